The van der Waals surface area contributed by atoms with Gasteiger partial charge in [-0.3, -0.25) is 0 Å². The van der Waals surface area contributed by atoms with Crippen LogP contribution in [0.1, 0.15) is 36.0 Å². The fourth-order valence-electron chi connectivity index (χ4n) is 2.62. The molecule has 1 fully saturated rings. The molecule has 0 heterocycles. The van der Waals surface area contributed by atoms with Crippen molar-refractivity contribution in [1.29, 1.82) is 0 Å². The molecule has 1 aliphatic carbocycles. The lowest BCUT2D eigenvalue weighted by molar-refractivity contribution is 0.0600. The molecule has 0 amide bonds. The molecule has 1 aliphatic rings. The van der Waals surface area contributed by atoms with E-state index in [0.717, 1.165) is 18.5 Å². The predicted octanol–water partition coefficient (Wildman–Crippen LogP) is 3.50. The molecule has 2 unspecified atom stereocenters. The third-order valence-electron chi connectivity index (χ3n) is 3.73. The average Bonchev–Trinajstić information content (AvgIpc) is 2.49. The molecule has 5 heteroatoms. The highest BCUT2D eigenvalue weighted by Gasteiger charge is 2.25. The van der Waals surface area contributed by atoms with E-state index in [9.17, 15) is 4.79 Å². The number of halogens is 1. The Kier molecular flexibility index (Phi) is 5.26. The van der Waals surface area contributed by atoms with Gasteiger partial charge >= 0.3 is 5.97 Å². The molecule has 4 nitrogen and oxygen atoms in total. The average molecular weight is 298 g/mol. The first-order valence-electron chi connectivity index (χ1n) is 6.83. The Morgan fingerprint density at radius 3 is 2.75 bits per heavy atom. The number of carbonyl (C=O) groups is 1. The van der Waals surface area contributed by atoms with Crippen LogP contribution in [0.25, 0.3) is 0 Å². The summed E-state index contributed by atoms with van der Waals surface area (Å²) in [4.78, 5) is 11.6. The van der Waals surface area contributed by atoms with Crippen LogP contribution >= 0.6 is 11.6 Å². The quantitative estimate of drug-likeness (QED) is 0.864. The fourth-order valence-corrected chi connectivity index (χ4v) is 2.80. The van der Waals surface area contributed by atoms with Crippen LogP contribution in [0.3, 0.4) is 0 Å². The number of esters is 1. The van der Waals surface area contributed by atoms with Crippen LogP contribution in [0.5, 0.6) is 0 Å². The minimum atomic E-state index is -0.364. The van der Waals surface area contributed by atoms with Crippen molar-refractivity contribution in [2.75, 3.05) is 19.5 Å². The Bertz CT molecular complexity index is 478. The summed E-state index contributed by atoms with van der Waals surface area (Å²) in [6.07, 6.45) is 4.62. The van der Waals surface area contributed by atoms with Crippen molar-refractivity contribution in [3.8, 4) is 0 Å². The van der Waals surface area contributed by atoms with E-state index in [1.165, 1.54) is 20.0 Å². The van der Waals surface area contributed by atoms with Gasteiger partial charge in [-0.1, -0.05) is 24.4 Å². The number of hydrogen-bond donors (Lipinski definition) is 1. The van der Waals surface area contributed by atoms with Gasteiger partial charge in [-0.15, -0.1) is 0 Å². The zero-order valence-corrected chi connectivity index (χ0v) is 12.6. The molecule has 0 aromatic heterocycles. The molecular formula is C15H20ClNO3. The summed E-state index contributed by atoms with van der Waals surface area (Å²) in [5, 5.41) is 4.00. The van der Waals surface area contributed by atoms with Crippen LogP contribution < -0.4 is 5.32 Å². The van der Waals surface area contributed by atoms with Crippen LogP contribution in [0.15, 0.2) is 18.2 Å². The Balaban J connectivity index is 2.17. The molecule has 1 N–H and O–H groups in total. The second-order valence-electron chi connectivity index (χ2n) is 5.00. The molecule has 2 rings (SSSR count). The first kappa shape index (κ1) is 15.1. The van der Waals surface area contributed by atoms with E-state index in [4.69, 9.17) is 21.1 Å². The highest BCUT2D eigenvalue weighted by atomic mass is 35.5. The number of methoxy groups -OCH3 is 2. The molecule has 0 spiro atoms. The van der Waals surface area contributed by atoms with Crippen molar-refractivity contribution in [2.24, 2.45) is 0 Å². The van der Waals surface area contributed by atoms with Crippen molar-refractivity contribution >= 4 is 23.3 Å². The van der Waals surface area contributed by atoms with Crippen LogP contribution in [0.2, 0.25) is 5.02 Å². The van der Waals surface area contributed by atoms with Crippen molar-refractivity contribution in [1.82, 2.24) is 0 Å². The largest absolute Gasteiger partial charge is 0.465 e. The molecule has 0 radical (unpaired) electrons. The highest BCUT2D eigenvalue weighted by Crippen LogP contribution is 2.29. The summed E-state index contributed by atoms with van der Waals surface area (Å²) >= 11 is 6.20. The fraction of sp³-hybridized carbons (Fsp3) is 0.533. The molecule has 1 aromatic rings. The normalized spacial score (nSPS) is 22.4. The van der Waals surface area contributed by atoms with Gasteiger partial charge in [0.2, 0.25) is 0 Å². The smallest absolute Gasteiger partial charge is 0.337 e. The zero-order valence-electron chi connectivity index (χ0n) is 11.8. The van der Waals surface area contributed by atoms with Crippen LogP contribution in [0.4, 0.5) is 5.69 Å². The molecule has 20 heavy (non-hydrogen) atoms. The van der Waals surface area contributed by atoms with Crippen molar-refractivity contribution < 1.29 is 14.3 Å². The first-order chi connectivity index (χ1) is 9.65. The van der Waals surface area contributed by atoms with E-state index < -0.39 is 0 Å². The minimum Gasteiger partial charge on any atom is -0.465 e. The van der Waals surface area contributed by atoms with Crippen LogP contribution in [-0.2, 0) is 9.47 Å². The number of carbonyl (C=O) groups excluding carboxylic acids is 1. The minimum absolute atomic E-state index is 0.182. The summed E-state index contributed by atoms with van der Waals surface area (Å²) in [6, 6.07) is 5.32. The van der Waals surface area contributed by atoms with Gasteiger partial charge in [0.15, 0.2) is 0 Å². The number of rotatable bonds is 4. The lowest BCUT2D eigenvalue weighted by atomic mass is 9.92. The van der Waals surface area contributed by atoms with Crippen molar-refractivity contribution in [3.05, 3.63) is 28.8 Å². The van der Waals surface area contributed by atoms with E-state index >= 15 is 0 Å². The SMILES string of the molecule is COC(=O)c1ccc(Cl)c(NC2CCCCC2OC)c1. The topological polar surface area (TPSA) is 47.6 Å². The van der Waals surface area contributed by atoms with E-state index in [0.29, 0.717) is 10.6 Å². The van der Waals surface area contributed by atoms with Crippen molar-refractivity contribution in [3.63, 3.8) is 0 Å². The van der Waals surface area contributed by atoms with Crippen LogP contribution in [0, 0.1) is 0 Å². The number of benzene rings is 1. The Morgan fingerprint density at radius 2 is 2.05 bits per heavy atom. The molecule has 0 saturated heterocycles. The highest BCUT2D eigenvalue weighted by molar-refractivity contribution is 6.33. The van der Waals surface area contributed by atoms with E-state index in [1.54, 1.807) is 25.3 Å². The van der Waals surface area contributed by atoms with Gasteiger partial charge in [0, 0.05) is 7.11 Å². The lowest BCUT2D eigenvalue weighted by Gasteiger charge is -2.32. The van der Waals surface area contributed by atoms with Gasteiger partial charge in [-0.05, 0) is 31.0 Å². The molecule has 1 aromatic carbocycles. The molecular weight excluding hydrogens is 278 g/mol. The van der Waals surface area contributed by atoms with Gasteiger partial charge in [0.05, 0.1) is 35.5 Å². The third kappa shape index (κ3) is 3.44. The summed E-state index contributed by atoms with van der Waals surface area (Å²) in [5.74, 6) is -0.364. The molecule has 0 aliphatic heterocycles. The second kappa shape index (κ2) is 6.95. The van der Waals surface area contributed by atoms with E-state index in [-0.39, 0.29) is 18.1 Å². The number of hydrogen-bond acceptors (Lipinski definition) is 4. The van der Waals surface area contributed by atoms with Gasteiger partial charge in [-0.25, -0.2) is 4.79 Å². The maximum atomic E-state index is 11.6. The Labute approximate surface area is 124 Å². The van der Waals surface area contributed by atoms with Gasteiger partial charge < -0.3 is 14.8 Å². The molecule has 2 atom stereocenters. The lowest BCUT2D eigenvalue weighted by Crippen LogP contribution is -2.37. The van der Waals surface area contributed by atoms with E-state index in [1.807, 2.05) is 0 Å². The summed E-state index contributed by atoms with van der Waals surface area (Å²) in [6.45, 7) is 0. The van der Waals surface area contributed by atoms with Crippen molar-refractivity contribution in [2.45, 2.75) is 37.8 Å². The van der Waals surface area contributed by atoms with Crippen LogP contribution in [-0.4, -0.2) is 32.3 Å². The first-order valence-corrected chi connectivity index (χ1v) is 7.20. The van der Waals surface area contributed by atoms with Gasteiger partial charge in [0.1, 0.15) is 0 Å². The Morgan fingerprint density at radius 1 is 1.30 bits per heavy atom. The van der Waals surface area contributed by atoms with Gasteiger partial charge in [0.25, 0.3) is 0 Å². The molecule has 0 bridgehead atoms. The third-order valence-corrected chi connectivity index (χ3v) is 4.06. The summed E-state index contributed by atoms with van der Waals surface area (Å²) in [7, 11) is 3.10. The summed E-state index contributed by atoms with van der Waals surface area (Å²) in [5.41, 5.74) is 1.24. The van der Waals surface area contributed by atoms with Gasteiger partial charge in [-0.2, -0.15) is 0 Å². The summed E-state index contributed by atoms with van der Waals surface area (Å²) < 4.78 is 10.2. The van der Waals surface area contributed by atoms with E-state index in [2.05, 4.69) is 5.32 Å². The monoisotopic (exact) mass is 297 g/mol. The number of ether oxygens (including phenoxy) is 2. The zero-order chi connectivity index (χ0) is 14.5. The second-order valence-corrected chi connectivity index (χ2v) is 5.40. The number of nitrogens with one attached hydrogen (secondary N) is 1. The maximum absolute atomic E-state index is 11.6. The molecule has 110 valence electrons. The molecule has 1 saturated carbocycles. The Hall–Kier alpha value is -1.26. The maximum Gasteiger partial charge on any atom is 0.337 e. The number of anilines is 1. The predicted molar refractivity (Wildman–Crippen MR) is 79.5 cm³/mol. The standard InChI is InChI=1S/C15H20ClNO3/c1-19-14-6-4-3-5-12(14)17-13-9-10(15(18)20-2)7-8-11(13)16/h7-9,12,14,17H,3-6H2,1-2H3.